The van der Waals surface area contributed by atoms with Crippen LogP contribution in [0.15, 0.2) is 35.3 Å². The second-order valence-electron chi connectivity index (χ2n) is 6.71. The molecule has 2 N–H and O–H groups in total. The highest BCUT2D eigenvalue weighted by Gasteiger charge is 2.09. The van der Waals surface area contributed by atoms with Crippen molar-refractivity contribution in [3.63, 3.8) is 0 Å². The van der Waals surface area contributed by atoms with Crippen molar-refractivity contribution in [3.05, 3.63) is 35.9 Å². The molecule has 0 spiro atoms. The predicted octanol–water partition coefficient (Wildman–Crippen LogP) is 1.12. The number of aliphatic imine (C=N–C) groups is 1. The molecular formula is C19H34N4O3S. The molecule has 0 aliphatic heterocycles. The van der Waals surface area contributed by atoms with Crippen molar-refractivity contribution in [2.75, 3.05) is 52.4 Å². The van der Waals surface area contributed by atoms with E-state index in [1.807, 2.05) is 6.07 Å². The van der Waals surface area contributed by atoms with Crippen molar-refractivity contribution in [3.8, 4) is 0 Å². The van der Waals surface area contributed by atoms with E-state index in [9.17, 15) is 8.42 Å². The normalized spacial score (nSPS) is 13.6. The molecule has 1 unspecified atom stereocenters. The van der Waals surface area contributed by atoms with E-state index in [0.29, 0.717) is 19.2 Å². The Kier molecular flexibility index (Phi) is 11.0. The molecule has 1 rings (SSSR count). The highest BCUT2D eigenvalue weighted by molar-refractivity contribution is 7.90. The lowest BCUT2D eigenvalue weighted by Gasteiger charge is -2.25. The molecule has 0 saturated heterocycles. The molecule has 1 aromatic rings. The molecule has 0 amide bonds. The van der Waals surface area contributed by atoms with Gasteiger partial charge in [0.05, 0.1) is 19.0 Å². The summed E-state index contributed by atoms with van der Waals surface area (Å²) in [7, 11) is 0.899. The van der Waals surface area contributed by atoms with Crippen LogP contribution in [0.1, 0.15) is 18.9 Å². The molecule has 0 aromatic heterocycles. The molecule has 0 aliphatic carbocycles. The largest absolute Gasteiger partial charge is 0.379 e. The van der Waals surface area contributed by atoms with E-state index in [4.69, 9.17) is 4.74 Å². The number of rotatable bonds is 12. The summed E-state index contributed by atoms with van der Waals surface area (Å²) in [5.74, 6) is 0.772. The highest BCUT2D eigenvalue weighted by Crippen LogP contribution is 2.07. The van der Waals surface area contributed by atoms with Gasteiger partial charge in [-0.3, -0.25) is 9.89 Å². The van der Waals surface area contributed by atoms with Crippen molar-refractivity contribution < 1.29 is 13.2 Å². The first-order chi connectivity index (χ1) is 12.8. The van der Waals surface area contributed by atoms with E-state index in [2.05, 4.69) is 58.8 Å². The van der Waals surface area contributed by atoms with E-state index >= 15 is 0 Å². The SMILES string of the molecule is CN=C(NCCOCCS(C)(=O)=O)NCCC(C)N(C)Cc1ccccc1. The standard InChI is InChI=1S/C19H34N4O3S/c1-17(23(3)16-18-8-6-5-7-9-18)10-11-21-19(20-2)22-12-13-26-14-15-27(4,24)25/h5-9,17H,10-16H2,1-4H3,(H2,20,21,22). The molecule has 0 aliphatic rings. The first-order valence-corrected chi connectivity index (χ1v) is 11.3. The summed E-state index contributed by atoms with van der Waals surface area (Å²) in [5, 5.41) is 6.46. The summed E-state index contributed by atoms with van der Waals surface area (Å²) in [6.07, 6.45) is 2.20. The fourth-order valence-corrected chi connectivity index (χ4v) is 2.84. The fraction of sp³-hybridized carbons (Fsp3) is 0.632. The summed E-state index contributed by atoms with van der Waals surface area (Å²) < 4.78 is 27.3. The van der Waals surface area contributed by atoms with Crippen LogP contribution in [0, 0.1) is 0 Å². The van der Waals surface area contributed by atoms with Gasteiger partial charge in [0, 0.05) is 39.0 Å². The topological polar surface area (TPSA) is 83.0 Å². The van der Waals surface area contributed by atoms with Crippen LogP contribution >= 0.6 is 0 Å². The second kappa shape index (κ2) is 12.7. The molecule has 0 saturated carbocycles. The van der Waals surface area contributed by atoms with Gasteiger partial charge in [0.25, 0.3) is 0 Å². The van der Waals surface area contributed by atoms with E-state index in [1.54, 1.807) is 7.05 Å². The van der Waals surface area contributed by atoms with Crippen LogP contribution in [0.3, 0.4) is 0 Å². The van der Waals surface area contributed by atoms with E-state index in [1.165, 1.54) is 11.8 Å². The Hall–Kier alpha value is -1.64. The van der Waals surface area contributed by atoms with E-state index < -0.39 is 9.84 Å². The fourth-order valence-electron chi connectivity index (χ4n) is 2.42. The second-order valence-corrected chi connectivity index (χ2v) is 8.97. The Bertz CT molecular complexity index is 650. The molecule has 8 heteroatoms. The van der Waals surface area contributed by atoms with Gasteiger partial charge in [-0.15, -0.1) is 0 Å². The van der Waals surface area contributed by atoms with Gasteiger partial charge in [-0.2, -0.15) is 0 Å². The molecule has 0 heterocycles. The molecule has 154 valence electrons. The van der Waals surface area contributed by atoms with Crippen LogP contribution in [0.2, 0.25) is 0 Å². The number of sulfone groups is 1. The van der Waals surface area contributed by atoms with Crippen molar-refractivity contribution >= 4 is 15.8 Å². The van der Waals surface area contributed by atoms with Gasteiger partial charge in [-0.05, 0) is 26.0 Å². The maximum atomic E-state index is 11.0. The first kappa shape index (κ1) is 23.4. The lowest BCUT2D eigenvalue weighted by molar-refractivity contribution is 0.154. The van der Waals surface area contributed by atoms with Crippen LogP contribution in [-0.4, -0.2) is 77.7 Å². The third-order valence-corrected chi connectivity index (χ3v) is 5.15. The van der Waals surface area contributed by atoms with E-state index in [0.717, 1.165) is 25.5 Å². The van der Waals surface area contributed by atoms with Gasteiger partial charge >= 0.3 is 0 Å². The molecule has 1 atom stereocenters. The third kappa shape index (κ3) is 11.6. The smallest absolute Gasteiger partial charge is 0.191 e. The average molecular weight is 399 g/mol. The van der Waals surface area contributed by atoms with Crippen LogP contribution in [-0.2, 0) is 21.1 Å². The predicted molar refractivity (Wildman–Crippen MR) is 112 cm³/mol. The van der Waals surface area contributed by atoms with Crippen molar-refractivity contribution in [2.45, 2.75) is 25.9 Å². The zero-order valence-electron chi connectivity index (χ0n) is 16.9. The van der Waals surface area contributed by atoms with Gasteiger partial charge in [-0.1, -0.05) is 30.3 Å². The van der Waals surface area contributed by atoms with E-state index in [-0.39, 0.29) is 12.4 Å². The zero-order chi connectivity index (χ0) is 20.1. The maximum Gasteiger partial charge on any atom is 0.191 e. The molecule has 0 radical (unpaired) electrons. The monoisotopic (exact) mass is 398 g/mol. The maximum absolute atomic E-state index is 11.0. The lowest BCUT2D eigenvalue weighted by Crippen LogP contribution is -2.41. The van der Waals surface area contributed by atoms with Crippen LogP contribution in [0.25, 0.3) is 0 Å². The average Bonchev–Trinajstić information content (AvgIpc) is 2.62. The molecule has 7 nitrogen and oxygen atoms in total. The van der Waals surface area contributed by atoms with Gasteiger partial charge in [0.2, 0.25) is 0 Å². The summed E-state index contributed by atoms with van der Waals surface area (Å²) in [4.78, 5) is 6.52. The number of hydrogen-bond acceptors (Lipinski definition) is 5. The van der Waals surface area contributed by atoms with Crippen LogP contribution < -0.4 is 10.6 Å². The molecule has 27 heavy (non-hydrogen) atoms. The number of hydrogen-bond donors (Lipinski definition) is 2. The Morgan fingerprint density at radius 1 is 1.19 bits per heavy atom. The zero-order valence-corrected chi connectivity index (χ0v) is 17.8. The van der Waals surface area contributed by atoms with Gasteiger partial charge in [0.1, 0.15) is 9.84 Å². The minimum absolute atomic E-state index is 0.0500. The summed E-state index contributed by atoms with van der Waals surface area (Å²) >= 11 is 0. The number of nitrogens with zero attached hydrogens (tertiary/aromatic N) is 2. The van der Waals surface area contributed by atoms with Gasteiger partial charge < -0.3 is 15.4 Å². The van der Waals surface area contributed by atoms with Crippen molar-refractivity contribution in [1.29, 1.82) is 0 Å². The number of benzene rings is 1. The quantitative estimate of drug-likeness (QED) is 0.312. The van der Waals surface area contributed by atoms with Crippen molar-refractivity contribution in [2.24, 2.45) is 4.99 Å². The minimum atomic E-state index is -2.97. The first-order valence-electron chi connectivity index (χ1n) is 9.26. The minimum Gasteiger partial charge on any atom is -0.379 e. The lowest BCUT2D eigenvalue weighted by atomic mass is 10.1. The summed E-state index contributed by atoms with van der Waals surface area (Å²) in [6, 6.07) is 10.9. The van der Waals surface area contributed by atoms with Gasteiger partial charge in [0.15, 0.2) is 5.96 Å². The Labute approximate surface area is 164 Å². The van der Waals surface area contributed by atoms with Crippen LogP contribution in [0.4, 0.5) is 0 Å². The third-order valence-electron chi connectivity index (χ3n) is 4.24. The highest BCUT2D eigenvalue weighted by atomic mass is 32.2. The number of ether oxygens (including phenoxy) is 1. The summed E-state index contributed by atoms with van der Waals surface area (Å²) in [5.41, 5.74) is 1.31. The Morgan fingerprint density at radius 3 is 2.48 bits per heavy atom. The summed E-state index contributed by atoms with van der Waals surface area (Å²) in [6.45, 7) is 5.20. The Balaban J connectivity index is 2.17. The van der Waals surface area contributed by atoms with Crippen LogP contribution in [0.5, 0.6) is 0 Å². The van der Waals surface area contributed by atoms with Gasteiger partial charge in [-0.25, -0.2) is 8.42 Å². The molecule has 1 aromatic carbocycles. The number of guanidine groups is 1. The Morgan fingerprint density at radius 2 is 1.85 bits per heavy atom. The molecule has 0 bridgehead atoms. The number of nitrogens with one attached hydrogen (secondary N) is 2. The van der Waals surface area contributed by atoms with Crippen molar-refractivity contribution in [1.82, 2.24) is 15.5 Å². The molecular weight excluding hydrogens is 364 g/mol. The molecule has 0 fully saturated rings.